The zero-order chi connectivity index (χ0) is 13.7. The highest BCUT2D eigenvalue weighted by atomic mass is 32.2. The van der Waals surface area contributed by atoms with Gasteiger partial charge in [0.05, 0.1) is 11.1 Å². The van der Waals surface area contributed by atoms with Crippen LogP contribution in [0.25, 0.3) is 11.0 Å². The van der Waals surface area contributed by atoms with Crippen molar-refractivity contribution in [2.45, 2.75) is 13.3 Å². The van der Waals surface area contributed by atoms with Crippen molar-refractivity contribution in [3.8, 4) is 0 Å². The summed E-state index contributed by atoms with van der Waals surface area (Å²) in [4.78, 5) is 11.3. The van der Waals surface area contributed by atoms with Gasteiger partial charge in [0.25, 0.3) is 0 Å². The second-order valence-electron chi connectivity index (χ2n) is 4.04. The molecule has 0 aliphatic carbocycles. The first kappa shape index (κ1) is 13.8. The van der Waals surface area contributed by atoms with Crippen molar-refractivity contribution in [3.05, 3.63) is 18.6 Å². The summed E-state index contributed by atoms with van der Waals surface area (Å²) in [5, 5.41) is 4.10. The quantitative estimate of drug-likeness (QED) is 0.649. The van der Waals surface area contributed by atoms with Gasteiger partial charge in [-0.05, 0) is 19.4 Å². The van der Waals surface area contributed by atoms with E-state index in [-0.39, 0.29) is 5.75 Å². The fourth-order valence-electron chi connectivity index (χ4n) is 1.64. The summed E-state index contributed by atoms with van der Waals surface area (Å²) in [6, 6.07) is 1.90. The van der Waals surface area contributed by atoms with Crippen LogP contribution in [0.2, 0.25) is 0 Å². The monoisotopic (exact) mass is 283 g/mol. The molecule has 7 nitrogen and oxygen atoms in total. The Morgan fingerprint density at radius 3 is 2.95 bits per heavy atom. The summed E-state index contributed by atoms with van der Waals surface area (Å²) in [5.41, 5.74) is 0.782. The lowest BCUT2D eigenvalue weighted by Gasteiger charge is -2.07. The van der Waals surface area contributed by atoms with Gasteiger partial charge in [0.2, 0.25) is 10.0 Å². The highest BCUT2D eigenvalue weighted by molar-refractivity contribution is 7.89. The van der Waals surface area contributed by atoms with Crippen LogP contribution in [-0.4, -0.2) is 42.2 Å². The van der Waals surface area contributed by atoms with Gasteiger partial charge in [-0.25, -0.2) is 23.1 Å². The topological polar surface area (TPSA) is 99.8 Å². The summed E-state index contributed by atoms with van der Waals surface area (Å²) in [7, 11) is -3.10. The second kappa shape index (κ2) is 5.98. The van der Waals surface area contributed by atoms with Gasteiger partial charge in [0.15, 0.2) is 0 Å². The van der Waals surface area contributed by atoms with Gasteiger partial charge < -0.3 is 10.3 Å². The predicted molar refractivity (Wildman–Crippen MR) is 74.5 cm³/mol. The minimum absolute atomic E-state index is 0.107. The van der Waals surface area contributed by atoms with Gasteiger partial charge in [0, 0.05) is 19.3 Å². The van der Waals surface area contributed by atoms with Crippen molar-refractivity contribution < 1.29 is 8.42 Å². The molecule has 8 heteroatoms. The third-order valence-corrected chi connectivity index (χ3v) is 4.11. The van der Waals surface area contributed by atoms with Gasteiger partial charge in [0.1, 0.15) is 17.8 Å². The average Bonchev–Trinajstić information content (AvgIpc) is 2.87. The fraction of sp³-hybridized carbons (Fsp3) is 0.455. The third-order valence-electron chi connectivity index (χ3n) is 2.70. The molecule has 0 fully saturated rings. The number of sulfonamides is 1. The van der Waals surface area contributed by atoms with Crippen LogP contribution < -0.4 is 10.0 Å². The van der Waals surface area contributed by atoms with E-state index in [2.05, 4.69) is 25.0 Å². The smallest absolute Gasteiger partial charge is 0.211 e. The van der Waals surface area contributed by atoms with E-state index in [0.29, 0.717) is 19.5 Å². The number of H-pyrrole nitrogens is 1. The van der Waals surface area contributed by atoms with Crippen LogP contribution in [0, 0.1) is 0 Å². The Kier molecular flexibility index (Phi) is 4.33. The summed E-state index contributed by atoms with van der Waals surface area (Å²) in [6.07, 6.45) is 3.98. The lowest BCUT2D eigenvalue weighted by molar-refractivity contribution is 0.581. The maximum atomic E-state index is 11.2. The van der Waals surface area contributed by atoms with E-state index >= 15 is 0 Å². The molecular formula is C11H17N5O2S. The van der Waals surface area contributed by atoms with Crippen molar-refractivity contribution in [1.29, 1.82) is 0 Å². The maximum absolute atomic E-state index is 11.2. The molecule has 104 valence electrons. The van der Waals surface area contributed by atoms with Crippen LogP contribution in [0.3, 0.4) is 0 Å². The molecule has 0 aliphatic rings. The van der Waals surface area contributed by atoms with Crippen molar-refractivity contribution in [2.75, 3.05) is 24.2 Å². The van der Waals surface area contributed by atoms with Gasteiger partial charge in [-0.1, -0.05) is 0 Å². The number of rotatable bonds is 7. The Morgan fingerprint density at radius 2 is 2.16 bits per heavy atom. The van der Waals surface area contributed by atoms with Crippen molar-refractivity contribution >= 4 is 26.9 Å². The molecule has 2 aromatic heterocycles. The highest BCUT2D eigenvalue weighted by Crippen LogP contribution is 2.16. The molecule has 2 rings (SSSR count). The molecule has 0 atom stereocenters. The standard InChI is InChI=1S/C11H17N5O2S/c1-2-19(17,18)16-6-3-5-12-10-9-4-7-13-11(9)15-8-14-10/h4,7-8,16H,2-3,5-6H2,1H3,(H2,12,13,14,15). The third kappa shape index (κ3) is 3.65. The van der Waals surface area contributed by atoms with E-state index in [1.807, 2.05) is 6.07 Å². The largest absolute Gasteiger partial charge is 0.369 e. The van der Waals surface area contributed by atoms with E-state index in [4.69, 9.17) is 0 Å². The molecule has 0 saturated heterocycles. The normalized spacial score (nSPS) is 11.8. The van der Waals surface area contributed by atoms with Crippen LogP contribution in [0.5, 0.6) is 0 Å². The van der Waals surface area contributed by atoms with E-state index in [1.165, 1.54) is 6.33 Å². The molecule has 0 bridgehead atoms. The second-order valence-corrected chi connectivity index (χ2v) is 6.14. The molecule has 0 spiro atoms. The lowest BCUT2D eigenvalue weighted by atomic mass is 10.3. The molecule has 2 aromatic rings. The van der Waals surface area contributed by atoms with Gasteiger partial charge in [-0.3, -0.25) is 0 Å². The molecule has 3 N–H and O–H groups in total. The van der Waals surface area contributed by atoms with Crippen LogP contribution >= 0.6 is 0 Å². The molecule has 19 heavy (non-hydrogen) atoms. The Morgan fingerprint density at radius 1 is 1.32 bits per heavy atom. The highest BCUT2D eigenvalue weighted by Gasteiger charge is 2.05. The zero-order valence-electron chi connectivity index (χ0n) is 10.7. The maximum Gasteiger partial charge on any atom is 0.211 e. The molecule has 0 radical (unpaired) electrons. The van der Waals surface area contributed by atoms with Crippen molar-refractivity contribution in [1.82, 2.24) is 19.7 Å². The molecule has 0 saturated carbocycles. The number of nitrogens with zero attached hydrogens (tertiary/aromatic N) is 2. The van der Waals surface area contributed by atoms with E-state index in [0.717, 1.165) is 16.9 Å². The van der Waals surface area contributed by atoms with E-state index < -0.39 is 10.0 Å². The number of aromatic amines is 1. The zero-order valence-corrected chi connectivity index (χ0v) is 11.5. The number of aromatic nitrogens is 3. The molecule has 0 aliphatic heterocycles. The minimum atomic E-state index is -3.10. The Labute approximate surface area is 111 Å². The first-order valence-corrected chi connectivity index (χ1v) is 7.77. The molecule has 0 aromatic carbocycles. The Bertz CT molecular complexity index is 637. The summed E-state index contributed by atoms with van der Waals surface area (Å²) >= 11 is 0. The Hall–Kier alpha value is -1.67. The molecule has 2 heterocycles. The van der Waals surface area contributed by atoms with Gasteiger partial charge in [-0.2, -0.15) is 0 Å². The molecular weight excluding hydrogens is 266 g/mol. The first-order chi connectivity index (χ1) is 9.12. The number of anilines is 1. The van der Waals surface area contributed by atoms with E-state index in [9.17, 15) is 8.42 Å². The van der Waals surface area contributed by atoms with Crippen LogP contribution in [0.1, 0.15) is 13.3 Å². The van der Waals surface area contributed by atoms with Gasteiger partial charge in [-0.15, -0.1) is 0 Å². The van der Waals surface area contributed by atoms with Crippen LogP contribution in [0.15, 0.2) is 18.6 Å². The van der Waals surface area contributed by atoms with Crippen LogP contribution in [0.4, 0.5) is 5.82 Å². The number of nitrogens with one attached hydrogen (secondary N) is 3. The predicted octanol–water partition coefficient (Wildman–Crippen LogP) is 0.699. The fourth-order valence-corrected chi connectivity index (χ4v) is 2.30. The minimum Gasteiger partial charge on any atom is -0.369 e. The average molecular weight is 283 g/mol. The lowest BCUT2D eigenvalue weighted by Crippen LogP contribution is -2.27. The SMILES string of the molecule is CCS(=O)(=O)NCCCNc1ncnc2[nH]ccc12. The molecule has 0 amide bonds. The van der Waals surface area contributed by atoms with Gasteiger partial charge >= 0.3 is 0 Å². The van der Waals surface area contributed by atoms with E-state index in [1.54, 1.807) is 13.1 Å². The number of hydrogen-bond acceptors (Lipinski definition) is 5. The Balaban J connectivity index is 1.82. The van der Waals surface area contributed by atoms with Crippen LogP contribution in [-0.2, 0) is 10.0 Å². The summed E-state index contributed by atoms with van der Waals surface area (Å²) < 4.78 is 25.0. The number of fused-ring (bicyclic) bond motifs is 1. The molecule has 0 unspecified atom stereocenters. The van der Waals surface area contributed by atoms with Crippen molar-refractivity contribution in [2.24, 2.45) is 0 Å². The first-order valence-electron chi connectivity index (χ1n) is 6.11. The summed E-state index contributed by atoms with van der Waals surface area (Å²) in [5.74, 6) is 0.862. The number of hydrogen-bond donors (Lipinski definition) is 3. The van der Waals surface area contributed by atoms with Crippen molar-refractivity contribution in [3.63, 3.8) is 0 Å². The summed E-state index contributed by atoms with van der Waals surface area (Å²) in [6.45, 7) is 2.68.